The van der Waals surface area contributed by atoms with E-state index in [0.29, 0.717) is 30.3 Å². The number of Topliss-reactive ketones (excluding diaryl/α,β-unsaturated/α-hetero) is 1. The number of anilines is 1. The third-order valence-corrected chi connectivity index (χ3v) is 6.13. The van der Waals surface area contributed by atoms with Crippen molar-refractivity contribution >= 4 is 23.3 Å². The quantitative estimate of drug-likeness (QED) is 0.441. The Morgan fingerprint density at radius 1 is 1.14 bits per heavy atom. The van der Waals surface area contributed by atoms with E-state index < -0.39 is 11.6 Å². The molecular weight excluding hydrogens is 483 g/mol. The van der Waals surface area contributed by atoms with E-state index in [1.54, 1.807) is 30.3 Å². The molecule has 2 aromatic carbocycles. The van der Waals surface area contributed by atoms with Crippen LogP contribution < -0.4 is 19.7 Å². The van der Waals surface area contributed by atoms with Gasteiger partial charge in [-0.15, -0.1) is 0 Å². The van der Waals surface area contributed by atoms with Crippen LogP contribution in [0.5, 0.6) is 11.5 Å². The first-order valence-electron chi connectivity index (χ1n) is 11.9. The molecule has 3 heterocycles. The summed E-state index contributed by atoms with van der Waals surface area (Å²) in [4.78, 5) is 39.3. The van der Waals surface area contributed by atoms with E-state index in [4.69, 9.17) is 18.6 Å². The SMILES string of the molecule is O=C(COc1ccccc1F)c1ccc2c(c1)N(Cc1ccc(C(=O)NC[C@H]3CCCO3)o1)C(=O)CO2. The molecule has 1 atom stereocenters. The van der Waals surface area contributed by atoms with Crippen molar-refractivity contribution in [1.82, 2.24) is 5.32 Å². The number of halogens is 1. The summed E-state index contributed by atoms with van der Waals surface area (Å²) in [5.74, 6) is -0.740. The van der Waals surface area contributed by atoms with Gasteiger partial charge in [0.25, 0.3) is 11.8 Å². The van der Waals surface area contributed by atoms with Crippen LogP contribution in [0.25, 0.3) is 0 Å². The molecule has 10 heteroatoms. The van der Waals surface area contributed by atoms with Crippen LogP contribution in [0.2, 0.25) is 0 Å². The Morgan fingerprint density at radius 2 is 2.00 bits per heavy atom. The lowest BCUT2D eigenvalue weighted by molar-refractivity contribution is -0.121. The van der Waals surface area contributed by atoms with Crippen molar-refractivity contribution in [3.63, 3.8) is 0 Å². The summed E-state index contributed by atoms with van der Waals surface area (Å²) >= 11 is 0. The molecular formula is C27H25FN2O7. The van der Waals surface area contributed by atoms with Crippen LogP contribution in [-0.2, 0) is 16.1 Å². The fourth-order valence-corrected chi connectivity index (χ4v) is 4.18. The van der Waals surface area contributed by atoms with Gasteiger partial charge in [0.15, 0.2) is 36.3 Å². The molecule has 9 nitrogen and oxygen atoms in total. The Morgan fingerprint density at radius 3 is 2.81 bits per heavy atom. The molecule has 0 aliphatic carbocycles. The number of hydrogen-bond donors (Lipinski definition) is 1. The number of nitrogens with one attached hydrogen (secondary N) is 1. The number of ketones is 1. The lowest BCUT2D eigenvalue weighted by Gasteiger charge is -2.29. The van der Waals surface area contributed by atoms with E-state index in [2.05, 4.69) is 5.32 Å². The summed E-state index contributed by atoms with van der Waals surface area (Å²) in [5.41, 5.74) is 0.654. The molecule has 1 saturated heterocycles. The number of carbonyl (C=O) groups is 3. The Kier molecular flexibility index (Phi) is 7.18. The largest absolute Gasteiger partial charge is 0.482 e. The molecule has 2 aliphatic heterocycles. The van der Waals surface area contributed by atoms with E-state index in [0.717, 1.165) is 12.8 Å². The van der Waals surface area contributed by atoms with Gasteiger partial charge in [0.2, 0.25) is 0 Å². The van der Waals surface area contributed by atoms with Gasteiger partial charge in [0.05, 0.1) is 18.3 Å². The molecule has 1 aromatic heterocycles. The maximum absolute atomic E-state index is 13.8. The Labute approximate surface area is 212 Å². The molecule has 2 aliphatic rings. The second-order valence-electron chi connectivity index (χ2n) is 8.70. The molecule has 0 saturated carbocycles. The third kappa shape index (κ3) is 5.64. The summed E-state index contributed by atoms with van der Waals surface area (Å²) in [6.07, 6.45) is 1.89. The number of nitrogens with zero attached hydrogens (tertiary/aromatic N) is 1. The first-order chi connectivity index (χ1) is 18.0. The molecule has 1 N–H and O–H groups in total. The maximum atomic E-state index is 13.8. The highest BCUT2D eigenvalue weighted by atomic mass is 19.1. The first kappa shape index (κ1) is 24.5. The average molecular weight is 509 g/mol. The number of hydrogen-bond acceptors (Lipinski definition) is 7. The van der Waals surface area contributed by atoms with Gasteiger partial charge < -0.3 is 23.9 Å². The van der Waals surface area contributed by atoms with Crippen molar-refractivity contribution < 1.29 is 37.4 Å². The fourth-order valence-electron chi connectivity index (χ4n) is 4.18. The predicted molar refractivity (Wildman–Crippen MR) is 129 cm³/mol. The van der Waals surface area contributed by atoms with Gasteiger partial charge in [-0.25, -0.2) is 4.39 Å². The van der Waals surface area contributed by atoms with Crippen molar-refractivity contribution in [1.29, 1.82) is 0 Å². The Hall–Kier alpha value is -4.18. The number of carbonyl (C=O) groups excluding carboxylic acids is 3. The summed E-state index contributed by atoms with van der Waals surface area (Å²) < 4.78 is 35.8. The topological polar surface area (TPSA) is 107 Å². The van der Waals surface area contributed by atoms with Crippen molar-refractivity contribution in [3.05, 3.63) is 77.5 Å². The van der Waals surface area contributed by atoms with Crippen LogP contribution >= 0.6 is 0 Å². The number of amides is 2. The van der Waals surface area contributed by atoms with Gasteiger partial charge >= 0.3 is 0 Å². The minimum Gasteiger partial charge on any atom is -0.482 e. The second kappa shape index (κ2) is 10.8. The van der Waals surface area contributed by atoms with Gasteiger partial charge in [-0.05, 0) is 55.3 Å². The predicted octanol–water partition coefficient (Wildman–Crippen LogP) is 3.51. The van der Waals surface area contributed by atoms with Gasteiger partial charge in [0, 0.05) is 18.7 Å². The van der Waals surface area contributed by atoms with E-state index >= 15 is 0 Å². The highest BCUT2D eigenvalue weighted by Gasteiger charge is 2.28. The average Bonchev–Trinajstić information content (AvgIpc) is 3.60. The van der Waals surface area contributed by atoms with E-state index in [1.165, 1.54) is 29.2 Å². The minimum atomic E-state index is -0.565. The van der Waals surface area contributed by atoms with Gasteiger partial charge in [-0.2, -0.15) is 0 Å². The fraction of sp³-hybridized carbons (Fsp3) is 0.296. The highest BCUT2D eigenvalue weighted by Crippen LogP contribution is 2.34. The van der Waals surface area contributed by atoms with E-state index in [9.17, 15) is 18.8 Å². The lowest BCUT2D eigenvalue weighted by Crippen LogP contribution is -2.38. The monoisotopic (exact) mass is 508 g/mol. The van der Waals surface area contributed by atoms with Crippen LogP contribution in [0.15, 0.2) is 59.0 Å². The van der Waals surface area contributed by atoms with Crippen molar-refractivity contribution in [2.24, 2.45) is 0 Å². The van der Waals surface area contributed by atoms with Crippen molar-refractivity contribution in [2.45, 2.75) is 25.5 Å². The van der Waals surface area contributed by atoms with Crippen molar-refractivity contribution in [3.8, 4) is 11.5 Å². The number of furan rings is 1. The molecule has 0 spiro atoms. The Bertz CT molecular complexity index is 1320. The molecule has 2 amide bonds. The molecule has 5 rings (SSSR count). The summed E-state index contributed by atoms with van der Waals surface area (Å²) in [5, 5.41) is 2.80. The molecule has 1 fully saturated rings. The number of benzene rings is 2. The smallest absolute Gasteiger partial charge is 0.287 e. The van der Waals surface area contributed by atoms with Crippen LogP contribution in [0, 0.1) is 5.82 Å². The molecule has 0 unspecified atom stereocenters. The maximum Gasteiger partial charge on any atom is 0.287 e. The van der Waals surface area contributed by atoms with Crippen molar-refractivity contribution in [2.75, 3.05) is 31.3 Å². The summed E-state index contributed by atoms with van der Waals surface area (Å²) in [6.45, 7) is 0.592. The van der Waals surface area contributed by atoms with Gasteiger partial charge in [0.1, 0.15) is 11.5 Å². The molecule has 0 radical (unpaired) electrons. The second-order valence-corrected chi connectivity index (χ2v) is 8.70. The van der Waals surface area contributed by atoms with E-state index in [1.807, 2.05) is 0 Å². The van der Waals surface area contributed by atoms with Crippen LogP contribution in [0.3, 0.4) is 0 Å². The number of para-hydroxylation sites is 1. The van der Waals surface area contributed by atoms with Crippen LogP contribution in [0.1, 0.15) is 39.5 Å². The number of rotatable bonds is 9. The molecule has 3 aromatic rings. The Balaban J connectivity index is 1.26. The lowest BCUT2D eigenvalue weighted by atomic mass is 10.1. The molecule has 192 valence electrons. The normalized spacial score (nSPS) is 16.7. The zero-order valence-corrected chi connectivity index (χ0v) is 19.9. The van der Waals surface area contributed by atoms with Crippen LogP contribution in [0.4, 0.5) is 10.1 Å². The zero-order valence-electron chi connectivity index (χ0n) is 19.9. The van der Waals surface area contributed by atoms with Gasteiger partial charge in [-0.1, -0.05) is 12.1 Å². The molecule has 0 bridgehead atoms. The van der Waals surface area contributed by atoms with E-state index in [-0.39, 0.29) is 54.8 Å². The van der Waals surface area contributed by atoms with Crippen LogP contribution in [-0.4, -0.2) is 50.1 Å². The number of fused-ring (bicyclic) bond motifs is 1. The standard InChI is InChI=1S/C27H25FN2O7/c28-20-5-1-2-6-23(20)35-15-22(31)17-7-9-24-21(12-17)30(26(32)16-36-24)14-19-8-10-25(37-19)27(33)29-13-18-4-3-11-34-18/h1-2,5-10,12,18H,3-4,11,13-16H2,(H,29,33)/t18-/m1/s1. The molecule has 37 heavy (non-hydrogen) atoms. The first-order valence-corrected chi connectivity index (χ1v) is 11.9. The number of ether oxygens (including phenoxy) is 3. The summed E-state index contributed by atoms with van der Waals surface area (Å²) in [6, 6.07) is 13.7. The zero-order chi connectivity index (χ0) is 25.8. The summed E-state index contributed by atoms with van der Waals surface area (Å²) in [7, 11) is 0. The third-order valence-electron chi connectivity index (χ3n) is 6.13. The highest BCUT2D eigenvalue weighted by molar-refractivity contribution is 6.02. The van der Waals surface area contributed by atoms with Gasteiger partial charge in [-0.3, -0.25) is 19.3 Å². The minimum absolute atomic E-state index is 0.00915.